The Labute approximate surface area is 98.8 Å². The number of nitrogens with zero attached hydrogens (tertiary/aromatic N) is 1. The predicted molar refractivity (Wildman–Crippen MR) is 65.6 cm³/mol. The molecule has 1 heterocycles. The fourth-order valence-corrected chi connectivity index (χ4v) is 2.57. The Hall–Kier alpha value is -0.570. The lowest BCUT2D eigenvalue weighted by atomic mass is 9.82. The molecule has 0 unspecified atom stereocenters. The molecule has 0 amide bonds. The minimum Gasteiger partial charge on any atom is -0.481 e. The Bertz CT molecular complexity index is 216. The summed E-state index contributed by atoms with van der Waals surface area (Å²) in [5, 5.41) is 9.40. The first-order valence-corrected chi connectivity index (χ1v) is 6.60. The molecule has 3 nitrogen and oxygen atoms in total. The van der Waals surface area contributed by atoms with Crippen LogP contribution in [0.15, 0.2) is 0 Å². The highest BCUT2D eigenvalue weighted by atomic mass is 16.4. The van der Waals surface area contributed by atoms with Crippen LogP contribution in [-0.4, -0.2) is 35.6 Å². The second-order valence-electron chi connectivity index (χ2n) is 4.98. The molecule has 16 heavy (non-hydrogen) atoms. The average Bonchev–Trinajstić information content (AvgIpc) is 2.54. The molecule has 0 saturated carbocycles. The van der Waals surface area contributed by atoms with Crippen molar-refractivity contribution in [1.82, 2.24) is 4.90 Å². The van der Waals surface area contributed by atoms with Crippen molar-refractivity contribution in [2.75, 3.05) is 19.6 Å². The summed E-state index contributed by atoms with van der Waals surface area (Å²) < 4.78 is 0. The minimum absolute atomic E-state index is 0.523. The molecular weight excluding hydrogens is 202 g/mol. The van der Waals surface area contributed by atoms with Gasteiger partial charge in [0, 0.05) is 6.54 Å². The Morgan fingerprint density at radius 3 is 2.00 bits per heavy atom. The van der Waals surface area contributed by atoms with Gasteiger partial charge in [0.25, 0.3) is 0 Å². The Balaban J connectivity index is 2.62. The third-order valence-electron chi connectivity index (χ3n) is 4.03. The molecule has 0 aromatic rings. The Morgan fingerprint density at radius 1 is 1.12 bits per heavy atom. The van der Waals surface area contributed by atoms with Crippen LogP contribution in [0.1, 0.15) is 52.4 Å². The average molecular weight is 227 g/mol. The van der Waals surface area contributed by atoms with Gasteiger partial charge in [-0.1, -0.05) is 26.7 Å². The van der Waals surface area contributed by atoms with Gasteiger partial charge in [0.2, 0.25) is 0 Å². The maximum Gasteiger partial charge on any atom is 0.310 e. The highest BCUT2D eigenvalue weighted by molar-refractivity contribution is 5.74. The van der Waals surface area contributed by atoms with E-state index >= 15 is 0 Å². The number of carboxylic acids is 1. The molecule has 0 spiro atoms. The molecule has 3 heteroatoms. The first-order chi connectivity index (χ1) is 7.64. The van der Waals surface area contributed by atoms with Crippen molar-refractivity contribution >= 4 is 5.97 Å². The smallest absolute Gasteiger partial charge is 0.310 e. The van der Waals surface area contributed by atoms with E-state index < -0.39 is 11.4 Å². The van der Waals surface area contributed by atoms with Crippen molar-refractivity contribution in [1.29, 1.82) is 0 Å². The second kappa shape index (κ2) is 6.24. The van der Waals surface area contributed by atoms with E-state index in [9.17, 15) is 9.90 Å². The summed E-state index contributed by atoms with van der Waals surface area (Å²) in [6.45, 7) is 6.88. The van der Waals surface area contributed by atoms with Crippen LogP contribution in [-0.2, 0) is 4.79 Å². The third kappa shape index (κ3) is 3.21. The zero-order chi connectivity index (χ0) is 12.0. The SMILES string of the molecule is CCC(CC)(CN1CCCCCC1)C(=O)O. The van der Waals surface area contributed by atoms with Gasteiger partial charge >= 0.3 is 5.97 Å². The minimum atomic E-state index is -0.623. The van der Waals surface area contributed by atoms with Gasteiger partial charge in [-0.15, -0.1) is 0 Å². The van der Waals surface area contributed by atoms with Gasteiger partial charge in [-0.25, -0.2) is 0 Å². The van der Waals surface area contributed by atoms with Gasteiger partial charge in [0.1, 0.15) is 0 Å². The van der Waals surface area contributed by atoms with Crippen LogP contribution in [0, 0.1) is 5.41 Å². The molecule has 94 valence electrons. The van der Waals surface area contributed by atoms with Gasteiger partial charge in [-0.05, 0) is 38.8 Å². The zero-order valence-electron chi connectivity index (χ0n) is 10.7. The largest absolute Gasteiger partial charge is 0.481 e. The highest BCUT2D eigenvalue weighted by Gasteiger charge is 2.36. The van der Waals surface area contributed by atoms with Crippen LogP contribution in [0.25, 0.3) is 0 Å². The lowest BCUT2D eigenvalue weighted by Crippen LogP contribution is -2.43. The number of aliphatic carboxylic acids is 1. The first kappa shape index (κ1) is 13.5. The molecule has 1 aliphatic heterocycles. The Morgan fingerprint density at radius 2 is 1.62 bits per heavy atom. The van der Waals surface area contributed by atoms with E-state index in [2.05, 4.69) is 4.90 Å². The summed E-state index contributed by atoms with van der Waals surface area (Å²) in [6.07, 6.45) is 6.51. The molecule has 0 aromatic carbocycles. The van der Waals surface area contributed by atoms with Crippen LogP contribution in [0.2, 0.25) is 0 Å². The van der Waals surface area contributed by atoms with E-state index in [-0.39, 0.29) is 0 Å². The number of hydrogen-bond acceptors (Lipinski definition) is 2. The summed E-state index contributed by atoms with van der Waals surface area (Å²) in [5.74, 6) is -0.623. The number of carbonyl (C=O) groups is 1. The summed E-state index contributed by atoms with van der Waals surface area (Å²) >= 11 is 0. The number of likely N-dealkylation sites (tertiary alicyclic amines) is 1. The third-order valence-corrected chi connectivity index (χ3v) is 4.03. The lowest BCUT2D eigenvalue weighted by molar-refractivity contribution is -0.150. The molecular formula is C13H25NO2. The quantitative estimate of drug-likeness (QED) is 0.785. The standard InChI is InChI=1S/C13H25NO2/c1-3-13(4-2,12(15)16)11-14-9-7-5-6-8-10-14/h3-11H2,1-2H3,(H,15,16). The van der Waals surface area contributed by atoms with Crippen molar-refractivity contribution in [2.24, 2.45) is 5.41 Å². The lowest BCUT2D eigenvalue weighted by Gasteiger charge is -2.33. The summed E-state index contributed by atoms with van der Waals surface area (Å²) in [7, 11) is 0. The first-order valence-electron chi connectivity index (χ1n) is 6.60. The van der Waals surface area contributed by atoms with Crippen molar-refractivity contribution in [3.05, 3.63) is 0 Å². The van der Waals surface area contributed by atoms with Crippen LogP contribution < -0.4 is 0 Å². The summed E-state index contributed by atoms with van der Waals surface area (Å²) in [5.41, 5.74) is -0.523. The Kier molecular flexibility index (Phi) is 5.26. The van der Waals surface area contributed by atoms with Crippen molar-refractivity contribution in [3.63, 3.8) is 0 Å². The van der Waals surface area contributed by atoms with Gasteiger partial charge in [0.05, 0.1) is 5.41 Å². The van der Waals surface area contributed by atoms with E-state index in [4.69, 9.17) is 0 Å². The second-order valence-corrected chi connectivity index (χ2v) is 4.98. The van der Waals surface area contributed by atoms with Crippen LogP contribution in [0.3, 0.4) is 0 Å². The molecule has 0 aliphatic carbocycles. The van der Waals surface area contributed by atoms with Gasteiger partial charge in [-0.3, -0.25) is 4.79 Å². The maximum absolute atomic E-state index is 11.4. The topological polar surface area (TPSA) is 40.5 Å². The van der Waals surface area contributed by atoms with Crippen molar-refractivity contribution < 1.29 is 9.90 Å². The molecule has 0 bridgehead atoms. The van der Waals surface area contributed by atoms with Gasteiger partial charge in [-0.2, -0.15) is 0 Å². The zero-order valence-corrected chi connectivity index (χ0v) is 10.7. The predicted octanol–water partition coefficient (Wildman–Crippen LogP) is 2.75. The van der Waals surface area contributed by atoms with Gasteiger partial charge < -0.3 is 10.0 Å². The van der Waals surface area contributed by atoms with Crippen LogP contribution in [0.5, 0.6) is 0 Å². The van der Waals surface area contributed by atoms with Crippen LogP contribution >= 0.6 is 0 Å². The molecule has 0 atom stereocenters. The van der Waals surface area contributed by atoms with E-state index in [1.807, 2.05) is 13.8 Å². The number of rotatable bonds is 5. The maximum atomic E-state index is 11.4. The molecule has 1 rings (SSSR count). The van der Waals surface area contributed by atoms with Crippen molar-refractivity contribution in [3.8, 4) is 0 Å². The molecule has 1 fully saturated rings. The summed E-state index contributed by atoms with van der Waals surface area (Å²) in [4.78, 5) is 13.8. The molecule has 1 N–H and O–H groups in total. The molecule has 0 aromatic heterocycles. The monoisotopic (exact) mass is 227 g/mol. The van der Waals surface area contributed by atoms with Crippen molar-refractivity contribution in [2.45, 2.75) is 52.4 Å². The van der Waals surface area contributed by atoms with E-state index in [1.165, 1.54) is 25.7 Å². The van der Waals surface area contributed by atoms with Gasteiger partial charge in [0.15, 0.2) is 0 Å². The fourth-order valence-electron chi connectivity index (χ4n) is 2.57. The fraction of sp³-hybridized carbons (Fsp3) is 0.923. The highest BCUT2D eigenvalue weighted by Crippen LogP contribution is 2.29. The normalized spacial score (nSPS) is 19.4. The van der Waals surface area contributed by atoms with E-state index in [0.29, 0.717) is 0 Å². The number of hydrogen-bond donors (Lipinski definition) is 1. The summed E-state index contributed by atoms with van der Waals surface area (Å²) in [6, 6.07) is 0. The van der Waals surface area contributed by atoms with E-state index in [0.717, 1.165) is 32.5 Å². The molecule has 1 aliphatic rings. The molecule has 0 radical (unpaired) electrons. The number of carboxylic acid groups (broad SMARTS) is 1. The molecule has 1 saturated heterocycles. The van der Waals surface area contributed by atoms with E-state index in [1.54, 1.807) is 0 Å². The van der Waals surface area contributed by atoms with Crippen LogP contribution in [0.4, 0.5) is 0 Å².